The summed E-state index contributed by atoms with van der Waals surface area (Å²) in [6.45, 7) is 6.78. The van der Waals surface area contributed by atoms with E-state index in [0.717, 1.165) is 0 Å². The molecule has 2 aromatic heterocycles. The number of aliphatic hydroxyl groups is 2. The van der Waals surface area contributed by atoms with Gasteiger partial charge >= 0.3 is 0 Å². The number of hydrazine groups is 1. The average Bonchev–Trinajstić information content (AvgIpc) is 3.63. The van der Waals surface area contributed by atoms with Crippen molar-refractivity contribution in [3.05, 3.63) is 83.9 Å². The number of hydrogen-bond acceptors (Lipinski definition) is 9. The lowest BCUT2D eigenvalue weighted by atomic mass is 9.91. The van der Waals surface area contributed by atoms with Crippen molar-refractivity contribution >= 4 is 28.8 Å². The number of fused-ring (bicyclic) bond motifs is 1. The second kappa shape index (κ2) is 14.2. The lowest BCUT2D eigenvalue weighted by Crippen LogP contribution is -2.46. The van der Waals surface area contributed by atoms with Crippen LogP contribution >= 0.6 is 0 Å². The fourth-order valence-electron chi connectivity index (χ4n) is 4.67. The van der Waals surface area contributed by atoms with Gasteiger partial charge in [0.05, 0.1) is 6.33 Å². The van der Waals surface area contributed by atoms with Gasteiger partial charge in [0.2, 0.25) is 5.91 Å². The van der Waals surface area contributed by atoms with Gasteiger partial charge in [-0.1, -0.05) is 67.6 Å². The predicted molar refractivity (Wildman–Crippen MR) is 162 cm³/mol. The van der Waals surface area contributed by atoms with Crippen LogP contribution in [0.15, 0.2) is 67.0 Å². The molecule has 1 aliphatic heterocycles. The van der Waals surface area contributed by atoms with Gasteiger partial charge in [0.1, 0.15) is 18.2 Å². The highest BCUT2D eigenvalue weighted by Crippen LogP contribution is 2.32. The van der Waals surface area contributed by atoms with Crippen LogP contribution in [0, 0.1) is 6.92 Å². The first-order valence-electron chi connectivity index (χ1n) is 14.3. The predicted octanol–water partition coefficient (Wildman–Crippen LogP) is 3.32. The van der Waals surface area contributed by atoms with Crippen LogP contribution in [0.2, 0.25) is 0 Å². The van der Waals surface area contributed by atoms with Crippen molar-refractivity contribution in [2.45, 2.75) is 71.0 Å². The van der Waals surface area contributed by atoms with E-state index in [0.29, 0.717) is 42.2 Å². The Morgan fingerprint density at radius 2 is 1.60 bits per heavy atom. The molecule has 5 rings (SSSR count). The van der Waals surface area contributed by atoms with E-state index in [1.165, 1.54) is 25.0 Å². The number of imidazole rings is 1. The molecule has 2 unspecified atom stereocenters. The van der Waals surface area contributed by atoms with Crippen molar-refractivity contribution in [3.8, 4) is 0 Å². The van der Waals surface area contributed by atoms with Crippen LogP contribution in [0.4, 0.5) is 5.82 Å². The molecule has 43 heavy (non-hydrogen) atoms. The van der Waals surface area contributed by atoms with E-state index < -0.39 is 18.1 Å². The molecule has 0 saturated carbocycles. The van der Waals surface area contributed by atoms with E-state index in [9.17, 15) is 9.59 Å². The van der Waals surface area contributed by atoms with Gasteiger partial charge in [0, 0.05) is 18.9 Å². The van der Waals surface area contributed by atoms with Crippen LogP contribution in [0.25, 0.3) is 11.2 Å². The molecular weight excluding hydrogens is 550 g/mol. The number of carbonyl (C=O) groups is 2. The molecule has 1 aliphatic rings. The molecule has 228 valence electrons. The molecular formula is C31H39N7O5. The van der Waals surface area contributed by atoms with E-state index in [1.807, 2.05) is 47.9 Å². The highest BCUT2D eigenvalue weighted by atomic mass is 16.5. The third-order valence-electron chi connectivity index (χ3n) is 6.66. The fourth-order valence-corrected chi connectivity index (χ4v) is 4.67. The van der Waals surface area contributed by atoms with Crippen molar-refractivity contribution in [3.63, 3.8) is 0 Å². The number of ether oxygens (including phenoxy) is 1. The molecule has 5 N–H and O–H groups in total. The summed E-state index contributed by atoms with van der Waals surface area (Å²) in [5.74, 6) is -0.761. The first-order valence-corrected chi connectivity index (χ1v) is 14.3. The van der Waals surface area contributed by atoms with Gasteiger partial charge in [-0.05, 0) is 44.7 Å². The molecule has 2 aromatic carbocycles. The second-order valence-electron chi connectivity index (χ2n) is 10.7. The lowest BCUT2D eigenvalue weighted by molar-refractivity contribution is -0.137. The quantitative estimate of drug-likeness (QED) is 0.153. The third-order valence-corrected chi connectivity index (χ3v) is 6.66. The molecule has 1 saturated heterocycles. The summed E-state index contributed by atoms with van der Waals surface area (Å²) in [6, 6.07) is 20.8. The Morgan fingerprint density at radius 1 is 1.00 bits per heavy atom. The molecule has 2 amide bonds. The number of benzene rings is 2. The Labute approximate surface area is 250 Å². The number of carbonyl (C=O) groups excluding carboxylic acids is 2. The smallest absolute Gasteiger partial charge is 0.267 e. The number of hydrogen-bond donors (Lipinski definition) is 5. The van der Waals surface area contributed by atoms with Crippen molar-refractivity contribution in [2.75, 3.05) is 11.9 Å². The molecule has 1 fully saturated rings. The maximum atomic E-state index is 12.4. The first kappa shape index (κ1) is 31.5. The molecule has 12 heteroatoms. The maximum Gasteiger partial charge on any atom is 0.267 e. The van der Waals surface area contributed by atoms with E-state index in [1.54, 1.807) is 13.3 Å². The zero-order valence-electron chi connectivity index (χ0n) is 24.8. The van der Waals surface area contributed by atoms with Crippen molar-refractivity contribution in [2.24, 2.45) is 0 Å². The van der Waals surface area contributed by atoms with Crippen molar-refractivity contribution in [1.29, 1.82) is 0 Å². The SMILES string of the molecule is CC(C)(O)O.CCC(=O)NNC(=O)C1CCC(n2cnc3c(NCC(c4ccccc4)c4ccccc4)nc(C)nc32)O1. The Hall–Kier alpha value is -4.39. The highest BCUT2D eigenvalue weighted by Gasteiger charge is 2.33. The van der Waals surface area contributed by atoms with Crippen LogP contribution < -0.4 is 16.2 Å². The van der Waals surface area contributed by atoms with E-state index in [-0.39, 0.29) is 24.2 Å². The Balaban J connectivity index is 0.000000782. The molecule has 2 atom stereocenters. The molecule has 4 aromatic rings. The van der Waals surface area contributed by atoms with Crippen LogP contribution in [-0.2, 0) is 14.3 Å². The largest absolute Gasteiger partial charge is 0.367 e. The minimum atomic E-state index is -1.50. The van der Waals surface area contributed by atoms with Crippen LogP contribution in [-0.4, -0.2) is 60.0 Å². The summed E-state index contributed by atoms with van der Waals surface area (Å²) >= 11 is 0. The van der Waals surface area contributed by atoms with Crippen LogP contribution in [0.3, 0.4) is 0 Å². The van der Waals surface area contributed by atoms with Gasteiger partial charge in [0.15, 0.2) is 22.8 Å². The Bertz CT molecular complexity index is 1460. The summed E-state index contributed by atoms with van der Waals surface area (Å²) in [6.07, 6.45) is 2.01. The molecule has 0 radical (unpaired) electrons. The topological polar surface area (TPSA) is 164 Å². The third kappa shape index (κ3) is 8.80. The molecule has 3 heterocycles. The standard InChI is InChI=1S/C28H31N7O3.C3H8O2/c1-3-23(36)33-34-28(37)22-14-15-24(38-22)35-17-30-25-26(31-18(2)32-27(25)35)29-16-21(19-10-6-4-7-11-19)20-12-8-5-9-13-20;1-3(2,4)5/h4-13,17,21-22,24H,3,14-16H2,1-2H3,(H,33,36)(H,34,37)(H,29,31,32);4-5H,1-2H3. The number of anilines is 1. The highest BCUT2D eigenvalue weighted by molar-refractivity contribution is 5.85. The minimum absolute atomic E-state index is 0.121. The minimum Gasteiger partial charge on any atom is -0.367 e. The summed E-state index contributed by atoms with van der Waals surface area (Å²) in [5, 5.41) is 19.7. The number of rotatable bonds is 8. The van der Waals surface area contributed by atoms with Crippen molar-refractivity contribution in [1.82, 2.24) is 30.4 Å². The number of aromatic nitrogens is 4. The first-order chi connectivity index (χ1) is 20.5. The zero-order chi connectivity index (χ0) is 31.0. The average molecular weight is 590 g/mol. The Morgan fingerprint density at radius 3 is 2.19 bits per heavy atom. The molecule has 12 nitrogen and oxygen atoms in total. The molecule has 0 spiro atoms. The van der Waals surface area contributed by atoms with Gasteiger partial charge in [0.25, 0.3) is 5.91 Å². The summed E-state index contributed by atoms with van der Waals surface area (Å²) < 4.78 is 7.86. The van der Waals surface area contributed by atoms with Crippen LogP contribution in [0.1, 0.15) is 69.1 Å². The summed E-state index contributed by atoms with van der Waals surface area (Å²) in [4.78, 5) is 37.8. The summed E-state index contributed by atoms with van der Waals surface area (Å²) in [7, 11) is 0. The maximum absolute atomic E-state index is 12.4. The number of aryl methyl sites for hydroxylation is 1. The summed E-state index contributed by atoms with van der Waals surface area (Å²) in [5.41, 5.74) is 8.50. The fraction of sp³-hybridized carbons (Fsp3) is 0.387. The number of amides is 2. The van der Waals surface area contributed by atoms with Gasteiger partial charge < -0.3 is 20.3 Å². The lowest BCUT2D eigenvalue weighted by Gasteiger charge is -2.19. The number of nitrogens with one attached hydrogen (secondary N) is 3. The van der Waals surface area contributed by atoms with Gasteiger partial charge in [-0.2, -0.15) is 0 Å². The Kier molecular flexibility index (Phi) is 10.4. The van der Waals surface area contributed by atoms with Crippen LogP contribution in [0.5, 0.6) is 0 Å². The monoisotopic (exact) mass is 589 g/mol. The second-order valence-corrected chi connectivity index (χ2v) is 10.7. The van der Waals surface area contributed by atoms with E-state index in [4.69, 9.17) is 14.9 Å². The van der Waals surface area contributed by atoms with E-state index >= 15 is 0 Å². The van der Waals surface area contributed by atoms with Crippen molar-refractivity contribution < 1.29 is 24.5 Å². The van der Waals surface area contributed by atoms with E-state index in [2.05, 4.69) is 55.4 Å². The van der Waals surface area contributed by atoms with Gasteiger partial charge in [-0.15, -0.1) is 0 Å². The molecule has 0 bridgehead atoms. The molecule has 0 aliphatic carbocycles. The van der Waals surface area contributed by atoms with Gasteiger partial charge in [-0.3, -0.25) is 25.0 Å². The number of nitrogens with zero attached hydrogens (tertiary/aromatic N) is 4. The van der Waals surface area contributed by atoms with Gasteiger partial charge in [-0.25, -0.2) is 15.0 Å². The zero-order valence-corrected chi connectivity index (χ0v) is 24.8. The normalized spacial score (nSPS) is 16.4.